The van der Waals surface area contributed by atoms with Gasteiger partial charge in [0.05, 0.1) is 30.6 Å². The van der Waals surface area contributed by atoms with Crippen LogP contribution in [0.3, 0.4) is 0 Å². The SMILES string of the molecule is COCOCCOc1cnc2ccc(-c3cnc(OC)c(NS(=O)(=O)c4sc(C)nc4C)c3)cn2c1=O. The molecule has 0 aromatic carbocycles. The number of nitrogens with zero attached hydrogens (tertiary/aromatic N) is 4. The molecule has 0 radical (unpaired) electrons. The van der Waals surface area contributed by atoms with E-state index in [0.717, 1.165) is 11.3 Å². The van der Waals surface area contributed by atoms with Crippen molar-refractivity contribution < 1.29 is 27.4 Å². The Morgan fingerprint density at radius 1 is 1.08 bits per heavy atom. The summed E-state index contributed by atoms with van der Waals surface area (Å²) in [5.41, 5.74) is 1.69. The zero-order valence-corrected chi connectivity index (χ0v) is 22.2. The molecule has 4 heterocycles. The summed E-state index contributed by atoms with van der Waals surface area (Å²) in [4.78, 5) is 25.7. The van der Waals surface area contributed by atoms with E-state index in [1.807, 2.05) is 0 Å². The van der Waals surface area contributed by atoms with Crippen LogP contribution in [0.2, 0.25) is 0 Å². The third kappa shape index (κ3) is 5.88. The number of nitrogens with one attached hydrogen (secondary N) is 1. The fraction of sp³-hybridized carbons (Fsp3) is 0.304. The van der Waals surface area contributed by atoms with Crippen LogP contribution < -0.4 is 19.8 Å². The number of hydrogen-bond donors (Lipinski definition) is 1. The first kappa shape index (κ1) is 26.5. The summed E-state index contributed by atoms with van der Waals surface area (Å²) in [6.07, 6.45) is 4.46. The van der Waals surface area contributed by atoms with Gasteiger partial charge in [0.15, 0.2) is 4.21 Å². The second kappa shape index (κ2) is 11.2. The summed E-state index contributed by atoms with van der Waals surface area (Å²) < 4.78 is 50.8. The molecule has 4 aromatic heterocycles. The van der Waals surface area contributed by atoms with E-state index in [2.05, 4.69) is 19.7 Å². The molecule has 0 aliphatic heterocycles. The van der Waals surface area contributed by atoms with E-state index >= 15 is 0 Å². The molecule has 37 heavy (non-hydrogen) atoms. The normalized spacial score (nSPS) is 11.6. The Kier molecular flexibility index (Phi) is 8.02. The Hall–Kier alpha value is -3.59. The van der Waals surface area contributed by atoms with Crippen LogP contribution in [0.25, 0.3) is 16.8 Å². The van der Waals surface area contributed by atoms with Crippen molar-refractivity contribution in [2.45, 2.75) is 18.1 Å². The maximum absolute atomic E-state index is 13.0. The van der Waals surface area contributed by atoms with Gasteiger partial charge in [-0.15, -0.1) is 11.3 Å². The molecule has 0 amide bonds. The fourth-order valence-corrected chi connectivity index (χ4v) is 6.01. The predicted molar refractivity (Wildman–Crippen MR) is 137 cm³/mol. The molecule has 0 fully saturated rings. The summed E-state index contributed by atoms with van der Waals surface area (Å²) in [5.74, 6) is 0.157. The highest BCUT2D eigenvalue weighted by molar-refractivity contribution is 7.94. The molecule has 0 bridgehead atoms. The molecule has 14 heteroatoms. The van der Waals surface area contributed by atoms with Gasteiger partial charge in [-0.25, -0.2) is 23.4 Å². The highest BCUT2D eigenvalue weighted by Gasteiger charge is 2.23. The lowest BCUT2D eigenvalue weighted by Gasteiger charge is -2.13. The Morgan fingerprint density at radius 3 is 2.59 bits per heavy atom. The zero-order valence-electron chi connectivity index (χ0n) is 20.5. The van der Waals surface area contributed by atoms with Gasteiger partial charge in [0.25, 0.3) is 15.6 Å². The number of aromatic nitrogens is 4. The van der Waals surface area contributed by atoms with Crippen LogP contribution in [0, 0.1) is 13.8 Å². The molecule has 1 N–H and O–H groups in total. The van der Waals surface area contributed by atoms with Gasteiger partial charge in [0.1, 0.15) is 24.7 Å². The standard InChI is InChI=1S/C23H25N5O7S2/c1-14-23(36-15(2)26-14)37(30,31)27-18-9-17(10-25-21(18)33-4)16-5-6-20-24-11-19(22(29)28(20)12-16)35-8-7-34-13-32-3/h5-6,9-12,27H,7-8,13H2,1-4H3. The second-order valence-electron chi connectivity index (χ2n) is 7.73. The largest absolute Gasteiger partial charge is 0.484 e. The number of methoxy groups -OCH3 is 2. The first-order valence-electron chi connectivity index (χ1n) is 11.0. The van der Waals surface area contributed by atoms with E-state index in [-0.39, 0.29) is 41.5 Å². The predicted octanol–water partition coefficient (Wildman–Crippen LogP) is 2.64. The molecule has 12 nitrogen and oxygen atoms in total. The van der Waals surface area contributed by atoms with Crippen LogP contribution in [-0.4, -0.2) is 62.0 Å². The number of anilines is 1. The summed E-state index contributed by atoms with van der Waals surface area (Å²) >= 11 is 1.07. The van der Waals surface area contributed by atoms with Gasteiger partial charge in [0, 0.05) is 30.6 Å². The molecule has 0 atom stereocenters. The second-order valence-corrected chi connectivity index (χ2v) is 10.8. The first-order valence-corrected chi connectivity index (χ1v) is 13.3. The summed E-state index contributed by atoms with van der Waals surface area (Å²) in [5, 5.41) is 0.637. The van der Waals surface area contributed by atoms with E-state index in [1.165, 1.54) is 31.0 Å². The average Bonchev–Trinajstić information content (AvgIpc) is 3.23. The number of pyridine rings is 2. The van der Waals surface area contributed by atoms with Gasteiger partial charge in [0.2, 0.25) is 11.6 Å². The molecular weight excluding hydrogens is 522 g/mol. The average molecular weight is 548 g/mol. The van der Waals surface area contributed by atoms with Gasteiger partial charge in [-0.05, 0) is 32.0 Å². The molecule has 4 rings (SSSR count). The summed E-state index contributed by atoms with van der Waals surface area (Å²) in [6.45, 7) is 3.89. The number of sulfonamides is 1. The zero-order chi connectivity index (χ0) is 26.6. The minimum Gasteiger partial charge on any atom is -0.484 e. The Balaban J connectivity index is 1.66. The van der Waals surface area contributed by atoms with Gasteiger partial charge in [-0.2, -0.15) is 0 Å². The maximum atomic E-state index is 13.0. The number of rotatable bonds is 11. The lowest BCUT2D eigenvalue weighted by atomic mass is 10.1. The minimum absolute atomic E-state index is 0.0622. The van der Waals surface area contributed by atoms with Crippen LogP contribution >= 0.6 is 11.3 Å². The third-order valence-corrected chi connectivity index (χ3v) is 8.13. The smallest absolute Gasteiger partial charge is 0.300 e. The number of aryl methyl sites for hydroxylation is 2. The highest BCUT2D eigenvalue weighted by Crippen LogP contribution is 2.32. The number of fused-ring (bicyclic) bond motifs is 1. The maximum Gasteiger partial charge on any atom is 0.300 e. The number of ether oxygens (including phenoxy) is 4. The summed E-state index contributed by atoms with van der Waals surface area (Å²) in [6, 6.07) is 5.00. The Labute approximate surface area is 216 Å². The van der Waals surface area contributed by atoms with Crippen LogP contribution in [0.1, 0.15) is 10.7 Å². The van der Waals surface area contributed by atoms with Crippen LogP contribution in [-0.2, 0) is 19.5 Å². The van der Waals surface area contributed by atoms with Crippen molar-refractivity contribution in [2.75, 3.05) is 38.9 Å². The van der Waals surface area contributed by atoms with Gasteiger partial charge >= 0.3 is 0 Å². The van der Waals surface area contributed by atoms with Crippen molar-refractivity contribution in [1.82, 2.24) is 19.4 Å². The molecule has 0 unspecified atom stereocenters. The lowest BCUT2D eigenvalue weighted by molar-refractivity contribution is -0.0388. The van der Waals surface area contributed by atoms with Crippen molar-refractivity contribution in [3.05, 3.63) is 57.8 Å². The lowest BCUT2D eigenvalue weighted by Crippen LogP contribution is -2.19. The first-order chi connectivity index (χ1) is 17.7. The fourth-order valence-electron chi connectivity index (χ4n) is 3.48. The Bertz CT molecular complexity index is 1580. The van der Waals surface area contributed by atoms with Gasteiger partial charge in [-0.3, -0.25) is 13.9 Å². The Morgan fingerprint density at radius 2 is 1.89 bits per heavy atom. The molecule has 0 spiro atoms. The van der Waals surface area contributed by atoms with Crippen molar-refractivity contribution in [3.63, 3.8) is 0 Å². The van der Waals surface area contributed by atoms with Crippen molar-refractivity contribution in [2.24, 2.45) is 0 Å². The van der Waals surface area contributed by atoms with E-state index in [9.17, 15) is 13.2 Å². The van der Waals surface area contributed by atoms with Gasteiger partial charge in [-0.1, -0.05) is 0 Å². The van der Waals surface area contributed by atoms with E-state index < -0.39 is 15.6 Å². The van der Waals surface area contributed by atoms with Crippen molar-refractivity contribution in [1.29, 1.82) is 0 Å². The summed E-state index contributed by atoms with van der Waals surface area (Å²) in [7, 11) is -1.03. The molecule has 4 aromatic rings. The number of hydrogen-bond acceptors (Lipinski definition) is 11. The minimum atomic E-state index is -3.93. The highest BCUT2D eigenvalue weighted by atomic mass is 32.2. The van der Waals surface area contributed by atoms with E-state index in [0.29, 0.717) is 27.5 Å². The van der Waals surface area contributed by atoms with Crippen LogP contribution in [0.4, 0.5) is 5.69 Å². The van der Waals surface area contributed by atoms with Crippen LogP contribution in [0.15, 0.2) is 45.8 Å². The third-order valence-electron chi connectivity index (χ3n) is 5.08. The monoisotopic (exact) mass is 547 g/mol. The molecule has 0 aliphatic rings. The quantitative estimate of drug-likeness (QED) is 0.220. The topological polar surface area (TPSA) is 143 Å². The van der Waals surface area contributed by atoms with Crippen molar-refractivity contribution >= 4 is 32.7 Å². The van der Waals surface area contributed by atoms with Gasteiger partial charge < -0.3 is 18.9 Å². The molecule has 0 saturated carbocycles. The van der Waals surface area contributed by atoms with E-state index in [1.54, 1.807) is 38.2 Å². The molecule has 0 aliphatic carbocycles. The van der Waals surface area contributed by atoms with Crippen molar-refractivity contribution in [3.8, 4) is 22.8 Å². The van der Waals surface area contributed by atoms with E-state index in [4.69, 9.17) is 18.9 Å². The molecular formula is C23H25N5O7S2. The molecule has 0 saturated heterocycles. The van der Waals surface area contributed by atoms with Crippen LogP contribution in [0.5, 0.6) is 11.6 Å². The number of thiazole rings is 1. The molecule has 196 valence electrons.